The van der Waals surface area contributed by atoms with Crippen molar-refractivity contribution in [2.45, 2.75) is 54.0 Å². The lowest BCUT2D eigenvalue weighted by Gasteiger charge is -2.11. The molecule has 0 spiro atoms. The number of amides is 1. The predicted molar refractivity (Wildman–Crippen MR) is 120 cm³/mol. The first-order chi connectivity index (χ1) is 13.9. The number of thiazole rings is 1. The summed E-state index contributed by atoms with van der Waals surface area (Å²) in [7, 11) is 0. The quantitative estimate of drug-likeness (QED) is 0.535. The van der Waals surface area contributed by atoms with E-state index in [9.17, 15) is 4.79 Å². The minimum atomic E-state index is -0.00844. The van der Waals surface area contributed by atoms with Crippen LogP contribution >= 0.6 is 11.3 Å². The second-order valence-electron chi connectivity index (χ2n) is 7.86. The van der Waals surface area contributed by atoms with Crippen LogP contribution in [-0.4, -0.2) is 27.0 Å². The molecule has 0 atom stereocenters. The van der Waals surface area contributed by atoms with Gasteiger partial charge in [0, 0.05) is 41.6 Å². The molecular formula is C23H30N4OS. The van der Waals surface area contributed by atoms with Crippen LogP contribution in [-0.2, 0) is 6.54 Å². The Hall–Kier alpha value is -2.47. The largest absolute Gasteiger partial charge is 0.352 e. The molecule has 1 N–H and O–H groups in total. The lowest BCUT2D eigenvalue weighted by molar-refractivity contribution is 0.0948. The maximum atomic E-state index is 12.7. The Labute approximate surface area is 177 Å². The standard InChI is InChI=1S/C23H30N4OS/c1-6-7-10-27-17(5)19(22(28)25-12-15(2)3)11-21(27)20-14-29-23(26-20)18-9-8-16(4)24-13-18/h8-9,11,13-15H,6-7,10,12H2,1-5H3,(H,25,28). The van der Waals surface area contributed by atoms with Gasteiger partial charge in [-0.1, -0.05) is 27.2 Å². The van der Waals surface area contributed by atoms with E-state index in [0.717, 1.165) is 58.3 Å². The number of unbranched alkanes of at least 4 members (excludes halogenated alkanes) is 1. The fourth-order valence-corrected chi connectivity index (χ4v) is 4.01. The van der Waals surface area contributed by atoms with E-state index in [2.05, 4.69) is 47.1 Å². The molecule has 1 amide bonds. The van der Waals surface area contributed by atoms with Gasteiger partial charge in [0.15, 0.2) is 0 Å². The number of nitrogens with one attached hydrogen (secondary N) is 1. The monoisotopic (exact) mass is 410 g/mol. The summed E-state index contributed by atoms with van der Waals surface area (Å²) in [5, 5.41) is 6.06. The Bertz CT molecular complexity index is 969. The van der Waals surface area contributed by atoms with Gasteiger partial charge in [-0.05, 0) is 44.4 Å². The van der Waals surface area contributed by atoms with Gasteiger partial charge >= 0.3 is 0 Å². The number of pyridine rings is 1. The van der Waals surface area contributed by atoms with Gasteiger partial charge in [-0.25, -0.2) is 4.98 Å². The molecule has 6 heteroatoms. The molecule has 0 saturated heterocycles. The van der Waals surface area contributed by atoms with Crippen LogP contribution < -0.4 is 5.32 Å². The molecule has 0 bridgehead atoms. The summed E-state index contributed by atoms with van der Waals surface area (Å²) in [6.45, 7) is 11.9. The number of aromatic nitrogens is 3. The summed E-state index contributed by atoms with van der Waals surface area (Å²) in [4.78, 5) is 22.0. The van der Waals surface area contributed by atoms with Gasteiger partial charge < -0.3 is 9.88 Å². The molecule has 154 valence electrons. The highest BCUT2D eigenvalue weighted by Gasteiger charge is 2.20. The number of hydrogen-bond donors (Lipinski definition) is 1. The van der Waals surface area contributed by atoms with Gasteiger partial charge in [-0.3, -0.25) is 9.78 Å². The average molecular weight is 411 g/mol. The molecule has 3 aromatic rings. The molecule has 0 aliphatic carbocycles. The fourth-order valence-electron chi connectivity index (χ4n) is 3.20. The van der Waals surface area contributed by atoms with Crippen molar-refractivity contribution in [3.63, 3.8) is 0 Å². The van der Waals surface area contributed by atoms with Crippen LogP contribution in [0.4, 0.5) is 0 Å². The summed E-state index contributed by atoms with van der Waals surface area (Å²) >= 11 is 1.61. The minimum Gasteiger partial charge on any atom is -0.352 e. The zero-order valence-electron chi connectivity index (χ0n) is 18.0. The van der Waals surface area contributed by atoms with Gasteiger partial charge in [0.1, 0.15) is 5.01 Å². The van der Waals surface area contributed by atoms with E-state index in [4.69, 9.17) is 4.98 Å². The third-order valence-corrected chi connectivity index (χ3v) is 5.83. The van der Waals surface area contributed by atoms with Crippen molar-refractivity contribution < 1.29 is 4.79 Å². The van der Waals surface area contributed by atoms with E-state index in [1.54, 1.807) is 11.3 Å². The van der Waals surface area contributed by atoms with E-state index < -0.39 is 0 Å². The Morgan fingerprint density at radius 3 is 2.72 bits per heavy atom. The molecule has 3 heterocycles. The first-order valence-corrected chi connectivity index (χ1v) is 11.2. The Morgan fingerprint density at radius 2 is 2.07 bits per heavy atom. The predicted octanol–water partition coefficient (Wildman–Crippen LogP) is 5.48. The summed E-state index contributed by atoms with van der Waals surface area (Å²) in [5.74, 6) is 0.413. The van der Waals surface area contributed by atoms with Crippen LogP contribution in [0.3, 0.4) is 0 Å². The van der Waals surface area contributed by atoms with Gasteiger partial charge in [-0.2, -0.15) is 0 Å². The van der Waals surface area contributed by atoms with Crippen LogP contribution in [0.5, 0.6) is 0 Å². The van der Waals surface area contributed by atoms with Gasteiger partial charge in [-0.15, -0.1) is 11.3 Å². The fraction of sp³-hybridized carbons (Fsp3) is 0.435. The van der Waals surface area contributed by atoms with Gasteiger partial charge in [0.25, 0.3) is 5.91 Å². The van der Waals surface area contributed by atoms with Crippen molar-refractivity contribution in [1.29, 1.82) is 0 Å². The summed E-state index contributed by atoms with van der Waals surface area (Å²) in [6, 6.07) is 6.05. The molecular weight excluding hydrogens is 380 g/mol. The summed E-state index contributed by atoms with van der Waals surface area (Å²) in [6.07, 6.45) is 4.03. The molecule has 0 aliphatic rings. The van der Waals surface area contributed by atoms with E-state index in [1.807, 2.05) is 32.2 Å². The van der Waals surface area contributed by atoms with Crippen molar-refractivity contribution in [2.75, 3.05) is 6.54 Å². The average Bonchev–Trinajstić information content (AvgIpc) is 3.30. The number of carbonyl (C=O) groups is 1. The SMILES string of the molecule is CCCCn1c(-c2csc(-c3ccc(C)nc3)n2)cc(C(=O)NCC(C)C)c1C. The molecule has 0 unspecified atom stereocenters. The number of hydrogen-bond acceptors (Lipinski definition) is 4. The van der Waals surface area contributed by atoms with Crippen LogP contribution in [0.15, 0.2) is 29.8 Å². The Kier molecular flexibility index (Phi) is 6.85. The molecule has 29 heavy (non-hydrogen) atoms. The van der Waals surface area contributed by atoms with Crippen molar-refractivity contribution in [2.24, 2.45) is 5.92 Å². The smallest absolute Gasteiger partial charge is 0.253 e. The number of aryl methyl sites for hydroxylation is 1. The van der Waals surface area contributed by atoms with E-state index >= 15 is 0 Å². The highest BCUT2D eigenvalue weighted by molar-refractivity contribution is 7.13. The second-order valence-corrected chi connectivity index (χ2v) is 8.72. The number of rotatable bonds is 8. The first kappa shape index (κ1) is 21.2. The van der Waals surface area contributed by atoms with Crippen molar-refractivity contribution in [3.8, 4) is 22.0 Å². The van der Waals surface area contributed by atoms with Gasteiger partial charge in [0.05, 0.1) is 17.0 Å². The molecule has 0 aromatic carbocycles. The van der Waals surface area contributed by atoms with E-state index in [1.165, 1.54) is 0 Å². The molecule has 0 radical (unpaired) electrons. The normalized spacial score (nSPS) is 11.2. The minimum absolute atomic E-state index is 0.00844. The van der Waals surface area contributed by atoms with Crippen LogP contribution in [0.25, 0.3) is 22.0 Å². The topological polar surface area (TPSA) is 59.8 Å². The highest BCUT2D eigenvalue weighted by atomic mass is 32.1. The van der Waals surface area contributed by atoms with Gasteiger partial charge in [0.2, 0.25) is 0 Å². The summed E-state index contributed by atoms with van der Waals surface area (Å²) in [5.41, 5.74) is 5.67. The molecule has 0 fully saturated rings. The number of nitrogens with zero attached hydrogens (tertiary/aromatic N) is 3. The van der Waals surface area contributed by atoms with Crippen molar-refractivity contribution >= 4 is 17.2 Å². The lowest BCUT2D eigenvalue weighted by atomic mass is 10.2. The third kappa shape index (κ3) is 4.93. The zero-order valence-corrected chi connectivity index (χ0v) is 18.8. The van der Waals surface area contributed by atoms with Crippen molar-refractivity contribution in [1.82, 2.24) is 19.9 Å². The van der Waals surface area contributed by atoms with Crippen LogP contribution in [0, 0.1) is 19.8 Å². The van der Waals surface area contributed by atoms with Crippen LogP contribution in [0.2, 0.25) is 0 Å². The molecule has 0 saturated carbocycles. The van der Waals surface area contributed by atoms with E-state index in [-0.39, 0.29) is 5.91 Å². The third-order valence-electron chi connectivity index (χ3n) is 4.94. The Morgan fingerprint density at radius 1 is 1.28 bits per heavy atom. The zero-order chi connectivity index (χ0) is 21.0. The van der Waals surface area contributed by atoms with E-state index in [0.29, 0.717) is 12.5 Å². The lowest BCUT2D eigenvalue weighted by Crippen LogP contribution is -2.27. The number of carbonyl (C=O) groups excluding carboxylic acids is 1. The highest BCUT2D eigenvalue weighted by Crippen LogP contribution is 2.31. The van der Waals surface area contributed by atoms with Crippen LogP contribution in [0.1, 0.15) is 55.4 Å². The second kappa shape index (κ2) is 9.35. The Balaban J connectivity index is 1.96. The summed E-state index contributed by atoms with van der Waals surface area (Å²) < 4.78 is 2.24. The molecule has 0 aliphatic heterocycles. The maximum Gasteiger partial charge on any atom is 0.253 e. The maximum absolute atomic E-state index is 12.7. The molecule has 3 rings (SSSR count). The molecule has 3 aromatic heterocycles. The first-order valence-electron chi connectivity index (χ1n) is 10.3. The molecule has 5 nitrogen and oxygen atoms in total. The van der Waals surface area contributed by atoms with Crippen molar-refractivity contribution in [3.05, 3.63) is 46.7 Å².